The van der Waals surface area contributed by atoms with E-state index < -0.39 is 0 Å². The van der Waals surface area contributed by atoms with Gasteiger partial charge in [0, 0.05) is 0 Å². The summed E-state index contributed by atoms with van der Waals surface area (Å²) in [7, 11) is 0. The van der Waals surface area contributed by atoms with E-state index in [1.54, 1.807) is 11.3 Å². The van der Waals surface area contributed by atoms with Crippen molar-refractivity contribution in [3.63, 3.8) is 0 Å². The van der Waals surface area contributed by atoms with Crippen LogP contribution in [0, 0.1) is 11.3 Å². The third kappa shape index (κ3) is 11.6. The van der Waals surface area contributed by atoms with E-state index in [0.717, 1.165) is 0 Å². The van der Waals surface area contributed by atoms with E-state index in [-0.39, 0.29) is 19.5 Å². The molecule has 0 unspecified atom stereocenters. The Morgan fingerprint density at radius 3 is 1.93 bits per heavy atom. The summed E-state index contributed by atoms with van der Waals surface area (Å²) < 4.78 is 1.27. The van der Waals surface area contributed by atoms with Crippen molar-refractivity contribution < 1.29 is 19.5 Å². The van der Waals surface area contributed by atoms with Gasteiger partial charge in [-0.3, -0.25) is 11.3 Å². The van der Waals surface area contributed by atoms with Crippen LogP contribution in [-0.4, -0.2) is 0 Å². The fraction of sp³-hybridized carbons (Fsp3) is 0.625. The van der Waals surface area contributed by atoms with Crippen LogP contribution in [0.2, 0.25) is 0 Å². The number of rotatable bonds is 11. The molecule has 4 heteroatoms. The van der Waals surface area contributed by atoms with Crippen LogP contribution in [-0.2, 0) is 32.3 Å². The summed E-state index contributed by atoms with van der Waals surface area (Å²) in [6, 6.07) is 4.56. The summed E-state index contributed by atoms with van der Waals surface area (Å²) in [5.74, 6) is 1.42. The summed E-state index contributed by atoms with van der Waals surface area (Å²) in [5.41, 5.74) is 3.04. The zero-order valence-electron chi connectivity index (χ0n) is 18.6. The standard InChI is InChI=1S/C20H28BrS2.C4H9.Zn/c1-3-5-7-9-11-16-13-14-22-19(16)20-17(15-18(21)23-20)12-10-8-6-4-2;1-4(2)3;/h13,15H,3-12H2,1-2H3;1-3H3;/q2*-1;+2. The number of hydrogen-bond donors (Lipinski definition) is 0. The van der Waals surface area contributed by atoms with Gasteiger partial charge in [-0.15, -0.1) is 21.6 Å². The molecule has 2 rings (SSSR count). The van der Waals surface area contributed by atoms with Gasteiger partial charge in [-0.1, -0.05) is 65.2 Å². The quantitative estimate of drug-likeness (QED) is 0.153. The van der Waals surface area contributed by atoms with E-state index in [4.69, 9.17) is 0 Å². The molecule has 2 heterocycles. The Bertz CT molecular complexity index is 613. The van der Waals surface area contributed by atoms with Gasteiger partial charge in [0.2, 0.25) is 0 Å². The largest absolute Gasteiger partial charge is 2.00 e. The molecule has 28 heavy (non-hydrogen) atoms. The van der Waals surface area contributed by atoms with E-state index in [9.17, 15) is 0 Å². The SMILES string of the molecule is CCCCCCc1c[c-]sc1-c1sc(Br)cc1CCCCCC.C[C-](C)C.[Zn+2]. The van der Waals surface area contributed by atoms with Crippen molar-refractivity contribution in [2.24, 2.45) is 0 Å². The van der Waals surface area contributed by atoms with Crippen molar-refractivity contribution in [1.82, 2.24) is 0 Å². The topological polar surface area (TPSA) is 0 Å². The van der Waals surface area contributed by atoms with Crippen molar-refractivity contribution in [3.05, 3.63) is 38.3 Å². The zero-order valence-corrected chi connectivity index (χ0v) is 24.8. The molecule has 0 aliphatic carbocycles. The first-order chi connectivity index (χ1) is 13.0. The number of aryl methyl sites for hydroxylation is 2. The van der Waals surface area contributed by atoms with Gasteiger partial charge in [-0.05, 0) is 45.3 Å². The first kappa shape index (κ1) is 28.5. The monoisotopic (exact) mass is 532 g/mol. The Morgan fingerprint density at radius 1 is 0.857 bits per heavy atom. The fourth-order valence-electron chi connectivity index (χ4n) is 2.93. The number of hydrogen-bond acceptors (Lipinski definition) is 2. The Hall–Kier alpha value is 0.503. The summed E-state index contributed by atoms with van der Waals surface area (Å²) >= 11 is 7.41. The molecule has 0 bridgehead atoms. The average Bonchev–Trinajstić information content (AvgIpc) is 3.21. The maximum Gasteiger partial charge on any atom is 2.00 e. The molecule has 0 spiro atoms. The first-order valence-electron chi connectivity index (χ1n) is 10.5. The van der Waals surface area contributed by atoms with Crippen LogP contribution in [0.15, 0.2) is 15.9 Å². The molecule has 0 saturated carbocycles. The van der Waals surface area contributed by atoms with Crippen LogP contribution in [0.3, 0.4) is 0 Å². The molecule has 0 atom stereocenters. The van der Waals surface area contributed by atoms with E-state index >= 15 is 0 Å². The average molecular weight is 535 g/mol. The molecule has 0 nitrogen and oxygen atoms in total. The molecule has 0 saturated heterocycles. The van der Waals surface area contributed by atoms with E-state index in [1.807, 2.05) is 11.3 Å². The van der Waals surface area contributed by atoms with Gasteiger partial charge in [-0.2, -0.15) is 32.4 Å². The Labute approximate surface area is 203 Å². The van der Waals surface area contributed by atoms with E-state index in [2.05, 4.69) is 68.1 Å². The van der Waals surface area contributed by atoms with Gasteiger partial charge in [-0.25, -0.2) is 0 Å². The molecule has 0 amide bonds. The maximum absolute atomic E-state index is 3.70. The maximum atomic E-state index is 3.70. The van der Waals surface area contributed by atoms with Gasteiger partial charge in [0.15, 0.2) is 0 Å². The van der Waals surface area contributed by atoms with Crippen LogP contribution in [0.1, 0.15) is 97.1 Å². The van der Waals surface area contributed by atoms with Crippen LogP contribution in [0.4, 0.5) is 0 Å². The van der Waals surface area contributed by atoms with E-state index in [1.165, 1.54) is 94.8 Å². The minimum atomic E-state index is 0. The smallest absolute Gasteiger partial charge is 0.323 e. The second kappa shape index (κ2) is 17.2. The van der Waals surface area contributed by atoms with Crippen molar-refractivity contribution >= 4 is 38.6 Å². The molecule has 2 aromatic heterocycles. The molecular formula is C24H37BrS2Zn. The Kier molecular flexibility index (Phi) is 17.5. The van der Waals surface area contributed by atoms with Crippen molar-refractivity contribution in [3.8, 4) is 9.75 Å². The Balaban J connectivity index is 0.00000133. The van der Waals surface area contributed by atoms with Gasteiger partial charge in [0.1, 0.15) is 0 Å². The second-order valence-corrected chi connectivity index (χ2v) is 11.0. The molecule has 0 aliphatic heterocycles. The van der Waals surface area contributed by atoms with Crippen molar-refractivity contribution in [2.75, 3.05) is 0 Å². The van der Waals surface area contributed by atoms with Gasteiger partial charge in [0.25, 0.3) is 0 Å². The van der Waals surface area contributed by atoms with E-state index in [0.29, 0.717) is 0 Å². The molecule has 2 aromatic rings. The second-order valence-electron chi connectivity index (χ2n) is 7.74. The summed E-state index contributed by atoms with van der Waals surface area (Å²) in [5, 5.41) is 3.38. The third-order valence-electron chi connectivity index (χ3n) is 4.27. The molecule has 0 aliphatic rings. The van der Waals surface area contributed by atoms with Gasteiger partial charge in [0.05, 0.1) is 3.79 Å². The number of halogens is 1. The van der Waals surface area contributed by atoms with Crippen molar-refractivity contribution in [1.29, 1.82) is 0 Å². The fourth-order valence-corrected chi connectivity index (χ4v) is 5.68. The predicted molar refractivity (Wildman–Crippen MR) is 130 cm³/mol. The minimum Gasteiger partial charge on any atom is -0.323 e. The molecule has 0 N–H and O–H groups in total. The predicted octanol–water partition coefficient (Wildman–Crippen LogP) is 9.90. The summed E-state index contributed by atoms with van der Waals surface area (Å²) in [6.45, 7) is 10.8. The van der Waals surface area contributed by atoms with Crippen LogP contribution >= 0.6 is 38.6 Å². The number of thiophene rings is 2. The molecule has 154 valence electrons. The molecular weight excluding hydrogens is 498 g/mol. The van der Waals surface area contributed by atoms with Crippen LogP contribution in [0.5, 0.6) is 0 Å². The summed E-state index contributed by atoms with van der Waals surface area (Å²) in [6.07, 6.45) is 13.1. The summed E-state index contributed by atoms with van der Waals surface area (Å²) in [4.78, 5) is 2.97. The normalized spacial score (nSPS) is 10.5. The molecule has 0 aromatic carbocycles. The van der Waals surface area contributed by atoms with Gasteiger partial charge < -0.3 is 5.92 Å². The zero-order chi connectivity index (χ0) is 20.1. The molecule has 0 radical (unpaired) electrons. The molecule has 0 fully saturated rings. The van der Waals surface area contributed by atoms with Crippen LogP contribution in [0.25, 0.3) is 9.75 Å². The van der Waals surface area contributed by atoms with Crippen LogP contribution < -0.4 is 0 Å². The van der Waals surface area contributed by atoms with Gasteiger partial charge >= 0.3 is 19.5 Å². The Morgan fingerprint density at radius 2 is 1.39 bits per heavy atom. The number of unbranched alkanes of at least 4 members (excludes halogenated alkanes) is 6. The van der Waals surface area contributed by atoms with Crippen molar-refractivity contribution in [2.45, 2.75) is 98.8 Å². The minimum absolute atomic E-state index is 0. The first-order valence-corrected chi connectivity index (χ1v) is 13.0. The third-order valence-corrected chi connectivity index (χ3v) is 7.00.